The molecule has 1 aliphatic rings. The number of carboxylic acids is 1. The molecule has 3 heteroatoms. The molecule has 1 rings (SSSR count). The molecule has 72 valence electrons. The van der Waals surface area contributed by atoms with E-state index >= 15 is 0 Å². The molecule has 0 aromatic rings. The summed E-state index contributed by atoms with van der Waals surface area (Å²) in [6.45, 7) is 2.49. The van der Waals surface area contributed by atoms with Gasteiger partial charge >= 0.3 is 5.97 Å². The highest BCUT2D eigenvalue weighted by molar-refractivity contribution is 5.70. The van der Waals surface area contributed by atoms with Crippen LogP contribution in [0.2, 0.25) is 0 Å². The predicted molar refractivity (Wildman–Crippen MR) is 50.2 cm³/mol. The Balaban J connectivity index is 2.34. The van der Waals surface area contributed by atoms with Gasteiger partial charge in [-0.3, -0.25) is 4.79 Å². The molecule has 1 saturated heterocycles. The van der Waals surface area contributed by atoms with Crippen molar-refractivity contribution in [3.8, 4) is 12.3 Å². The standard InChI is InChI=1S/C10H15NO2/c1-2-3-6-11-7-4-5-9(8-11)10(12)13/h1,9H,3-8H2,(H,12,13). The number of aliphatic carboxylic acids is 1. The van der Waals surface area contributed by atoms with Crippen molar-refractivity contribution >= 4 is 5.97 Å². The molecular formula is C10H15NO2. The smallest absolute Gasteiger partial charge is 0.307 e. The van der Waals surface area contributed by atoms with Crippen LogP contribution >= 0.6 is 0 Å². The van der Waals surface area contributed by atoms with Crippen LogP contribution in [0.5, 0.6) is 0 Å². The SMILES string of the molecule is C#CCCN1CCCC(C(=O)O)C1. The fourth-order valence-electron chi connectivity index (χ4n) is 1.68. The van der Waals surface area contributed by atoms with Crippen LogP contribution in [0.15, 0.2) is 0 Å². The summed E-state index contributed by atoms with van der Waals surface area (Å²) in [6.07, 6.45) is 7.64. The predicted octanol–water partition coefficient (Wildman–Crippen LogP) is 0.806. The number of piperidine rings is 1. The molecule has 1 fully saturated rings. The van der Waals surface area contributed by atoms with Crippen LogP contribution in [0, 0.1) is 18.3 Å². The zero-order valence-corrected chi connectivity index (χ0v) is 7.70. The third-order valence-corrected chi connectivity index (χ3v) is 2.43. The highest BCUT2D eigenvalue weighted by Crippen LogP contribution is 2.16. The van der Waals surface area contributed by atoms with E-state index in [1.165, 1.54) is 0 Å². The van der Waals surface area contributed by atoms with E-state index in [4.69, 9.17) is 11.5 Å². The summed E-state index contributed by atoms with van der Waals surface area (Å²) in [5.41, 5.74) is 0. The monoisotopic (exact) mass is 181 g/mol. The summed E-state index contributed by atoms with van der Waals surface area (Å²) >= 11 is 0. The number of carboxylic acid groups (broad SMARTS) is 1. The van der Waals surface area contributed by atoms with Crippen molar-refractivity contribution in [3.63, 3.8) is 0 Å². The van der Waals surface area contributed by atoms with Crippen molar-refractivity contribution in [2.45, 2.75) is 19.3 Å². The molecule has 1 N–H and O–H groups in total. The van der Waals surface area contributed by atoms with Crippen molar-refractivity contribution in [3.05, 3.63) is 0 Å². The fraction of sp³-hybridized carbons (Fsp3) is 0.700. The first-order chi connectivity index (χ1) is 6.24. The molecule has 1 unspecified atom stereocenters. The van der Waals surface area contributed by atoms with Gasteiger partial charge < -0.3 is 10.0 Å². The topological polar surface area (TPSA) is 40.5 Å². The maximum Gasteiger partial charge on any atom is 0.307 e. The minimum absolute atomic E-state index is 0.188. The second-order valence-corrected chi connectivity index (χ2v) is 3.43. The highest BCUT2D eigenvalue weighted by atomic mass is 16.4. The molecule has 0 saturated carbocycles. The Morgan fingerprint density at radius 3 is 3.08 bits per heavy atom. The summed E-state index contributed by atoms with van der Waals surface area (Å²) in [6, 6.07) is 0. The molecule has 0 aliphatic carbocycles. The van der Waals surface area contributed by atoms with Crippen LogP contribution in [-0.4, -0.2) is 35.6 Å². The number of terminal acetylenes is 1. The molecule has 0 amide bonds. The normalized spacial score (nSPS) is 23.8. The lowest BCUT2D eigenvalue weighted by Crippen LogP contribution is -2.39. The van der Waals surface area contributed by atoms with Crippen LogP contribution in [-0.2, 0) is 4.79 Å². The average molecular weight is 181 g/mol. The van der Waals surface area contributed by atoms with Gasteiger partial charge in [-0.05, 0) is 19.4 Å². The summed E-state index contributed by atoms with van der Waals surface area (Å²) in [7, 11) is 0. The Kier molecular flexibility index (Phi) is 3.78. The third kappa shape index (κ3) is 3.08. The molecule has 13 heavy (non-hydrogen) atoms. The minimum atomic E-state index is -0.676. The Morgan fingerprint density at radius 1 is 1.69 bits per heavy atom. The lowest BCUT2D eigenvalue weighted by atomic mass is 9.98. The van der Waals surface area contributed by atoms with Gasteiger partial charge in [0.25, 0.3) is 0 Å². The lowest BCUT2D eigenvalue weighted by Gasteiger charge is -2.29. The van der Waals surface area contributed by atoms with Crippen LogP contribution in [0.3, 0.4) is 0 Å². The fourth-order valence-corrected chi connectivity index (χ4v) is 1.68. The zero-order valence-electron chi connectivity index (χ0n) is 7.70. The summed E-state index contributed by atoms with van der Waals surface area (Å²) in [4.78, 5) is 12.8. The molecule has 1 aliphatic heterocycles. The maximum absolute atomic E-state index is 10.7. The second kappa shape index (κ2) is 4.88. The third-order valence-electron chi connectivity index (χ3n) is 2.43. The Labute approximate surface area is 78.7 Å². The van der Waals surface area contributed by atoms with E-state index in [9.17, 15) is 4.79 Å². The van der Waals surface area contributed by atoms with Crippen LogP contribution < -0.4 is 0 Å². The Bertz CT molecular complexity index is 219. The summed E-state index contributed by atoms with van der Waals surface area (Å²) < 4.78 is 0. The lowest BCUT2D eigenvalue weighted by molar-refractivity contribution is -0.143. The number of nitrogens with zero attached hydrogens (tertiary/aromatic N) is 1. The number of carbonyl (C=O) groups is 1. The van der Waals surface area contributed by atoms with Gasteiger partial charge in [0, 0.05) is 19.5 Å². The first-order valence-electron chi connectivity index (χ1n) is 4.62. The largest absolute Gasteiger partial charge is 0.481 e. The van der Waals surface area contributed by atoms with E-state index in [0.717, 1.165) is 25.9 Å². The number of rotatable bonds is 3. The molecule has 3 nitrogen and oxygen atoms in total. The van der Waals surface area contributed by atoms with Crippen LogP contribution in [0.1, 0.15) is 19.3 Å². The first kappa shape index (κ1) is 10.1. The van der Waals surface area contributed by atoms with Gasteiger partial charge in [-0.25, -0.2) is 0 Å². The van der Waals surface area contributed by atoms with Crippen molar-refractivity contribution in [1.29, 1.82) is 0 Å². The average Bonchev–Trinajstić information content (AvgIpc) is 2.15. The number of hydrogen-bond donors (Lipinski definition) is 1. The van der Waals surface area contributed by atoms with Gasteiger partial charge in [-0.15, -0.1) is 12.3 Å². The summed E-state index contributed by atoms with van der Waals surface area (Å²) in [5, 5.41) is 8.81. The Hall–Kier alpha value is -1.01. The maximum atomic E-state index is 10.7. The van der Waals surface area contributed by atoms with Crippen molar-refractivity contribution < 1.29 is 9.90 Å². The van der Waals surface area contributed by atoms with E-state index in [1.54, 1.807) is 0 Å². The van der Waals surface area contributed by atoms with E-state index in [-0.39, 0.29) is 5.92 Å². The quantitative estimate of drug-likeness (QED) is 0.655. The molecule has 0 aromatic carbocycles. The van der Waals surface area contributed by atoms with Gasteiger partial charge in [0.05, 0.1) is 5.92 Å². The van der Waals surface area contributed by atoms with Gasteiger partial charge in [0.15, 0.2) is 0 Å². The van der Waals surface area contributed by atoms with Crippen LogP contribution in [0.25, 0.3) is 0 Å². The van der Waals surface area contributed by atoms with E-state index in [1.807, 2.05) is 0 Å². The van der Waals surface area contributed by atoms with Gasteiger partial charge in [-0.2, -0.15) is 0 Å². The molecule has 1 atom stereocenters. The van der Waals surface area contributed by atoms with Crippen molar-refractivity contribution in [2.75, 3.05) is 19.6 Å². The van der Waals surface area contributed by atoms with Crippen molar-refractivity contribution in [2.24, 2.45) is 5.92 Å². The van der Waals surface area contributed by atoms with Gasteiger partial charge in [0.1, 0.15) is 0 Å². The highest BCUT2D eigenvalue weighted by Gasteiger charge is 2.24. The molecule has 0 radical (unpaired) electrons. The van der Waals surface area contributed by atoms with Gasteiger partial charge in [-0.1, -0.05) is 0 Å². The summed E-state index contributed by atoms with van der Waals surface area (Å²) in [5.74, 6) is 1.71. The first-order valence-corrected chi connectivity index (χ1v) is 4.62. The van der Waals surface area contributed by atoms with E-state index < -0.39 is 5.97 Å². The molecular weight excluding hydrogens is 166 g/mol. The molecule has 1 heterocycles. The number of likely N-dealkylation sites (tertiary alicyclic amines) is 1. The minimum Gasteiger partial charge on any atom is -0.481 e. The molecule has 0 spiro atoms. The molecule has 0 bridgehead atoms. The van der Waals surface area contributed by atoms with E-state index in [2.05, 4.69) is 10.8 Å². The van der Waals surface area contributed by atoms with Gasteiger partial charge in [0.2, 0.25) is 0 Å². The van der Waals surface area contributed by atoms with Crippen molar-refractivity contribution in [1.82, 2.24) is 4.90 Å². The van der Waals surface area contributed by atoms with E-state index in [0.29, 0.717) is 13.0 Å². The zero-order chi connectivity index (χ0) is 9.68. The molecule has 0 aromatic heterocycles. The Morgan fingerprint density at radius 2 is 2.46 bits per heavy atom. The van der Waals surface area contributed by atoms with Crippen LogP contribution in [0.4, 0.5) is 0 Å². The second-order valence-electron chi connectivity index (χ2n) is 3.43. The number of hydrogen-bond acceptors (Lipinski definition) is 2.